The number of nitrogens with two attached hydrogens (primary N) is 3. The van der Waals surface area contributed by atoms with E-state index in [-0.39, 0.29) is 24.0 Å². The highest BCUT2D eigenvalue weighted by molar-refractivity contribution is 6.01. The van der Waals surface area contributed by atoms with Gasteiger partial charge in [-0.2, -0.15) is 0 Å². The SMILES string of the molecule is N=C(N)c1ccc2c(CC(N)=O)c(OC(=O)c3ccc(N(CCCCN4CCOCC4)C(=N)N)cc3)ccc2c1. The Hall–Kier alpha value is -4.48. The van der Waals surface area contributed by atoms with E-state index >= 15 is 0 Å². The van der Waals surface area contributed by atoms with E-state index in [0.717, 1.165) is 51.1 Å². The smallest absolute Gasteiger partial charge is 0.343 e. The summed E-state index contributed by atoms with van der Waals surface area (Å²) >= 11 is 0. The maximum Gasteiger partial charge on any atom is 0.343 e. The molecule has 1 aliphatic rings. The Labute approximate surface area is 232 Å². The van der Waals surface area contributed by atoms with Gasteiger partial charge in [0, 0.05) is 36.4 Å². The van der Waals surface area contributed by atoms with Gasteiger partial charge < -0.3 is 31.6 Å². The minimum Gasteiger partial charge on any atom is -0.423 e. The highest BCUT2D eigenvalue weighted by atomic mass is 16.5. The van der Waals surface area contributed by atoms with Gasteiger partial charge in [-0.1, -0.05) is 18.2 Å². The lowest BCUT2D eigenvalue weighted by molar-refractivity contribution is -0.117. The molecule has 40 heavy (non-hydrogen) atoms. The molecular weight excluding hydrogens is 510 g/mol. The number of nitrogens with one attached hydrogen (secondary N) is 2. The number of guanidine groups is 1. The number of carbonyl (C=O) groups excluding carboxylic acids is 2. The highest BCUT2D eigenvalue weighted by Crippen LogP contribution is 2.30. The molecule has 3 aromatic carbocycles. The molecule has 0 aromatic heterocycles. The first kappa shape index (κ1) is 28.5. The lowest BCUT2D eigenvalue weighted by atomic mass is 9.98. The van der Waals surface area contributed by atoms with Crippen molar-refractivity contribution < 1.29 is 19.1 Å². The molecule has 0 aliphatic carbocycles. The molecule has 3 aromatic rings. The van der Waals surface area contributed by atoms with Crippen LogP contribution in [-0.2, 0) is 16.0 Å². The van der Waals surface area contributed by atoms with Crippen molar-refractivity contribution in [1.29, 1.82) is 10.8 Å². The quantitative estimate of drug-likeness (QED) is 0.0798. The van der Waals surface area contributed by atoms with Gasteiger partial charge in [-0.3, -0.25) is 20.5 Å². The number of morpholine rings is 1. The van der Waals surface area contributed by atoms with E-state index in [1.165, 1.54) is 0 Å². The lowest BCUT2D eigenvalue weighted by Gasteiger charge is -2.27. The van der Waals surface area contributed by atoms with E-state index in [9.17, 15) is 9.59 Å². The van der Waals surface area contributed by atoms with Crippen LogP contribution in [0, 0.1) is 10.8 Å². The zero-order valence-electron chi connectivity index (χ0n) is 22.3. The predicted octanol–water partition coefficient (Wildman–Crippen LogP) is 2.18. The van der Waals surface area contributed by atoms with Crippen molar-refractivity contribution in [1.82, 2.24) is 4.90 Å². The number of hydrogen-bond acceptors (Lipinski definition) is 7. The Bertz CT molecular complexity index is 1400. The maximum absolute atomic E-state index is 13.0. The number of fused-ring (bicyclic) bond motifs is 1. The highest BCUT2D eigenvalue weighted by Gasteiger charge is 2.18. The average Bonchev–Trinajstić information content (AvgIpc) is 2.94. The van der Waals surface area contributed by atoms with Crippen LogP contribution in [0.3, 0.4) is 0 Å². The third kappa shape index (κ3) is 7.13. The number of anilines is 1. The Morgan fingerprint density at radius 1 is 0.925 bits per heavy atom. The largest absolute Gasteiger partial charge is 0.423 e. The summed E-state index contributed by atoms with van der Waals surface area (Å²) < 4.78 is 11.1. The first-order chi connectivity index (χ1) is 19.2. The van der Waals surface area contributed by atoms with E-state index in [1.807, 2.05) is 0 Å². The lowest BCUT2D eigenvalue weighted by Crippen LogP contribution is -2.39. The van der Waals surface area contributed by atoms with Crippen LogP contribution in [0.25, 0.3) is 10.8 Å². The summed E-state index contributed by atoms with van der Waals surface area (Å²) in [5.41, 5.74) is 19.0. The maximum atomic E-state index is 13.0. The average molecular weight is 546 g/mol. The predicted molar refractivity (Wildman–Crippen MR) is 155 cm³/mol. The first-order valence-electron chi connectivity index (χ1n) is 13.1. The summed E-state index contributed by atoms with van der Waals surface area (Å²) in [5, 5.41) is 17.1. The van der Waals surface area contributed by atoms with E-state index in [4.69, 9.17) is 37.5 Å². The normalized spacial score (nSPS) is 13.6. The van der Waals surface area contributed by atoms with Gasteiger partial charge in [0.05, 0.1) is 25.2 Å². The molecule has 0 bridgehead atoms. The number of benzene rings is 3. The molecule has 0 unspecified atom stereocenters. The fourth-order valence-corrected chi connectivity index (χ4v) is 4.75. The summed E-state index contributed by atoms with van der Waals surface area (Å²) in [6.45, 7) is 4.98. The van der Waals surface area contributed by atoms with E-state index in [1.54, 1.807) is 59.5 Å². The number of esters is 1. The van der Waals surface area contributed by atoms with Crippen LogP contribution in [-0.4, -0.2) is 68.0 Å². The summed E-state index contributed by atoms with van der Waals surface area (Å²) in [6.07, 6.45) is 1.71. The summed E-state index contributed by atoms with van der Waals surface area (Å²) in [4.78, 5) is 28.9. The molecule has 0 saturated carbocycles. The molecule has 0 atom stereocenters. The van der Waals surface area contributed by atoms with Gasteiger partial charge >= 0.3 is 5.97 Å². The van der Waals surface area contributed by atoms with Crippen LogP contribution >= 0.6 is 0 Å². The molecular formula is C29H35N7O4. The van der Waals surface area contributed by atoms with Crippen LogP contribution in [0.15, 0.2) is 54.6 Å². The Morgan fingerprint density at radius 3 is 2.27 bits per heavy atom. The molecule has 1 heterocycles. The van der Waals surface area contributed by atoms with Crippen LogP contribution in [0.4, 0.5) is 5.69 Å². The molecule has 8 N–H and O–H groups in total. The van der Waals surface area contributed by atoms with Crippen LogP contribution in [0.2, 0.25) is 0 Å². The third-order valence-corrected chi connectivity index (χ3v) is 6.87. The van der Waals surface area contributed by atoms with Crippen molar-refractivity contribution in [2.75, 3.05) is 44.3 Å². The van der Waals surface area contributed by atoms with Gasteiger partial charge in [0.25, 0.3) is 0 Å². The fraction of sp³-hybridized carbons (Fsp3) is 0.310. The van der Waals surface area contributed by atoms with Crippen molar-refractivity contribution >= 4 is 40.1 Å². The monoisotopic (exact) mass is 545 g/mol. The van der Waals surface area contributed by atoms with Crippen molar-refractivity contribution in [3.63, 3.8) is 0 Å². The second-order valence-electron chi connectivity index (χ2n) is 9.67. The molecule has 11 heteroatoms. The molecule has 1 saturated heterocycles. The molecule has 11 nitrogen and oxygen atoms in total. The number of nitrogen functional groups attached to an aromatic ring is 1. The molecule has 0 spiro atoms. The number of hydrogen-bond donors (Lipinski definition) is 5. The second-order valence-corrected chi connectivity index (χ2v) is 9.67. The molecule has 0 radical (unpaired) electrons. The Morgan fingerprint density at radius 2 is 1.62 bits per heavy atom. The van der Waals surface area contributed by atoms with Crippen molar-refractivity contribution in [2.45, 2.75) is 19.3 Å². The number of nitrogens with zero attached hydrogens (tertiary/aromatic N) is 2. The van der Waals surface area contributed by atoms with Crippen LogP contribution in [0.5, 0.6) is 5.75 Å². The van der Waals surface area contributed by atoms with Gasteiger partial charge in [0.15, 0.2) is 5.96 Å². The minimum absolute atomic E-state index is 0.0677. The van der Waals surface area contributed by atoms with Gasteiger partial charge in [0.2, 0.25) is 5.91 Å². The second kappa shape index (κ2) is 13.0. The number of carbonyl (C=O) groups is 2. The minimum atomic E-state index is -0.600. The molecule has 1 aliphatic heterocycles. The Balaban J connectivity index is 1.45. The topological polar surface area (TPSA) is 185 Å². The van der Waals surface area contributed by atoms with Gasteiger partial charge in [0.1, 0.15) is 11.6 Å². The Kier molecular flexibility index (Phi) is 9.31. The fourth-order valence-electron chi connectivity index (χ4n) is 4.75. The number of unbranched alkanes of at least 4 members (excludes halogenated alkanes) is 1. The van der Waals surface area contributed by atoms with Crippen LogP contribution < -0.4 is 26.8 Å². The van der Waals surface area contributed by atoms with E-state index < -0.39 is 11.9 Å². The first-order valence-corrected chi connectivity index (χ1v) is 13.1. The summed E-state index contributed by atoms with van der Waals surface area (Å²) in [5.74, 6) is -1.09. The number of rotatable bonds is 11. The standard InChI is InChI=1S/C29H35N7O4/c30-26(37)18-24-23-9-5-21(27(31)32)17-20(23)6-10-25(24)40-28(38)19-3-7-22(8-4-19)36(29(33)34)12-2-1-11-35-13-15-39-16-14-35/h3-10,17H,1-2,11-16,18H2,(H2,30,37)(H3,31,32)(H3,33,34). The zero-order valence-corrected chi connectivity index (χ0v) is 22.3. The van der Waals surface area contributed by atoms with Crippen molar-refractivity contribution in [3.8, 4) is 5.75 Å². The summed E-state index contributed by atoms with van der Waals surface area (Å²) in [6, 6.07) is 15.2. The van der Waals surface area contributed by atoms with Gasteiger partial charge in [-0.15, -0.1) is 0 Å². The van der Waals surface area contributed by atoms with Crippen molar-refractivity contribution in [2.24, 2.45) is 17.2 Å². The van der Waals surface area contributed by atoms with E-state index in [2.05, 4.69) is 4.90 Å². The molecule has 210 valence electrons. The van der Waals surface area contributed by atoms with Crippen LogP contribution in [0.1, 0.15) is 34.3 Å². The number of amidine groups is 1. The van der Waals surface area contributed by atoms with E-state index in [0.29, 0.717) is 34.3 Å². The molecule has 1 amide bonds. The molecule has 4 rings (SSSR count). The number of ether oxygens (including phenoxy) is 2. The number of primary amides is 1. The zero-order chi connectivity index (χ0) is 28.6. The van der Waals surface area contributed by atoms with Crippen molar-refractivity contribution in [3.05, 3.63) is 71.3 Å². The van der Waals surface area contributed by atoms with Gasteiger partial charge in [-0.05, 0) is 66.6 Å². The van der Waals surface area contributed by atoms with Gasteiger partial charge in [-0.25, -0.2) is 4.79 Å². The summed E-state index contributed by atoms with van der Waals surface area (Å²) in [7, 11) is 0. The third-order valence-electron chi connectivity index (χ3n) is 6.87. The molecule has 1 fully saturated rings. The number of amides is 1.